The molecule has 2 aliphatic carbocycles. The molecule has 42 heavy (non-hydrogen) atoms. The standard InChI is InChI=1S/C28H35F3N6O3SSe/c1-16-21(38-3)26(15-40-16)9-11-36(12-10-26)18-13-17(41-35-25(2)5-6-25)14-37-19(23-33-34-24(42-23)28(29,30)31)20(32-22(18)37)27(39-4)7-8-27/h13-14,16,21,35H,5-12,15H2,1-4H3/t16-,21?/m0/s1. The quantitative estimate of drug-likeness (QED) is 0.271. The second-order valence-electron chi connectivity index (χ2n) is 12.5. The van der Waals surface area contributed by atoms with E-state index in [9.17, 15) is 13.2 Å². The number of ether oxygens (including phenoxy) is 3. The second kappa shape index (κ2) is 10.2. The first-order chi connectivity index (χ1) is 20.0. The van der Waals surface area contributed by atoms with Crippen LogP contribution in [0.5, 0.6) is 0 Å². The predicted molar refractivity (Wildman–Crippen MR) is 153 cm³/mol. The van der Waals surface area contributed by atoms with Crippen molar-refractivity contribution in [3.05, 3.63) is 22.5 Å². The topological polar surface area (TPSA) is 86.0 Å². The summed E-state index contributed by atoms with van der Waals surface area (Å²) in [6.07, 6.45) is 3.14. The average molecular weight is 672 g/mol. The average Bonchev–Trinajstić information content (AvgIpc) is 3.76. The first-order valence-corrected chi connectivity index (χ1v) is 16.9. The molecular formula is C28H35F3N6O3SSe. The normalized spacial score (nSPS) is 25.9. The Morgan fingerprint density at radius 3 is 2.45 bits per heavy atom. The number of nitrogens with zero attached hydrogens (tertiary/aromatic N) is 5. The molecule has 0 aromatic carbocycles. The summed E-state index contributed by atoms with van der Waals surface area (Å²) in [5.74, 6) is 0. The second-order valence-corrected chi connectivity index (χ2v) is 15.4. The van der Waals surface area contributed by atoms with Gasteiger partial charge in [0.15, 0.2) is 0 Å². The van der Waals surface area contributed by atoms with Gasteiger partial charge in [-0.3, -0.25) is 0 Å². The van der Waals surface area contributed by atoms with Crippen LogP contribution >= 0.6 is 11.9 Å². The monoisotopic (exact) mass is 672 g/mol. The number of piperidine rings is 1. The number of halogens is 3. The fraction of sp³-hybridized carbons (Fsp3) is 0.679. The zero-order chi connectivity index (χ0) is 29.5. The molecule has 0 amide bonds. The van der Waals surface area contributed by atoms with Crippen molar-refractivity contribution in [3.63, 3.8) is 0 Å². The molecule has 3 aromatic heterocycles. The Hall–Kier alpha value is -1.67. The minimum atomic E-state index is -4.51. The van der Waals surface area contributed by atoms with E-state index in [-0.39, 0.29) is 23.2 Å². The van der Waals surface area contributed by atoms with E-state index in [1.165, 1.54) is 0 Å². The molecular weight excluding hydrogens is 636 g/mol. The maximum absolute atomic E-state index is 13.6. The number of imidazole rings is 1. The van der Waals surface area contributed by atoms with Gasteiger partial charge >= 0.3 is 253 Å². The van der Waals surface area contributed by atoms with Crippen LogP contribution in [-0.4, -0.2) is 85.7 Å². The van der Waals surface area contributed by atoms with Crippen molar-refractivity contribution < 1.29 is 27.4 Å². The molecule has 2 atom stereocenters. The summed E-state index contributed by atoms with van der Waals surface area (Å²) in [4.78, 5) is 8.45. The minimum absolute atomic E-state index is 0.0261. The van der Waals surface area contributed by atoms with E-state index >= 15 is 0 Å². The van der Waals surface area contributed by atoms with Gasteiger partial charge in [0.25, 0.3) is 0 Å². The molecule has 4 fully saturated rings. The fourth-order valence-corrected chi connectivity index (χ4v) is 8.98. The molecule has 228 valence electrons. The van der Waals surface area contributed by atoms with Gasteiger partial charge in [0.05, 0.1) is 0 Å². The van der Waals surface area contributed by atoms with Gasteiger partial charge in [-0.15, -0.1) is 0 Å². The SMILES string of the molecule is COC1[C@H](C)OCC12CCN(c1cc(SNC3(C)CC3)cn3c(-c4nnc(C(F)(F)F)[se]4)c(C4(OC)CC4)nc13)CC2. The number of hydrogen-bond acceptors (Lipinski definition) is 9. The molecule has 0 bridgehead atoms. The summed E-state index contributed by atoms with van der Waals surface area (Å²) < 4.78 is 63.8. The van der Waals surface area contributed by atoms with E-state index in [1.54, 1.807) is 26.2 Å². The molecule has 5 heterocycles. The Morgan fingerprint density at radius 1 is 1.12 bits per heavy atom. The van der Waals surface area contributed by atoms with Crippen molar-refractivity contribution in [2.45, 2.75) is 86.8 Å². The molecule has 9 nitrogen and oxygen atoms in total. The van der Waals surface area contributed by atoms with Gasteiger partial charge in [0.2, 0.25) is 0 Å². The van der Waals surface area contributed by atoms with Crippen molar-refractivity contribution in [1.29, 1.82) is 0 Å². The van der Waals surface area contributed by atoms with Crippen LogP contribution in [0.15, 0.2) is 17.2 Å². The third kappa shape index (κ3) is 4.91. The van der Waals surface area contributed by atoms with E-state index < -0.39 is 30.8 Å². The van der Waals surface area contributed by atoms with Gasteiger partial charge in [0, 0.05) is 0 Å². The van der Waals surface area contributed by atoms with Crippen LogP contribution < -0.4 is 9.62 Å². The number of pyridine rings is 1. The first-order valence-electron chi connectivity index (χ1n) is 14.4. The molecule has 14 heteroatoms. The molecule has 0 radical (unpaired) electrons. The third-order valence-electron chi connectivity index (χ3n) is 9.50. The zero-order valence-corrected chi connectivity index (χ0v) is 26.6. The van der Waals surface area contributed by atoms with Crippen molar-refractivity contribution >= 4 is 37.8 Å². The van der Waals surface area contributed by atoms with E-state index in [1.807, 2.05) is 10.6 Å². The maximum atomic E-state index is 13.6. The third-order valence-corrected chi connectivity index (χ3v) is 12.6. The molecule has 3 aromatic rings. The molecule has 2 aliphatic heterocycles. The Bertz CT molecular complexity index is 1500. The molecule has 1 spiro atoms. The first kappa shape index (κ1) is 29.1. The van der Waals surface area contributed by atoms with E-state index in [0.29, 0.717) is 28.2 Å². The van der Waals surface area contributed by atoms with Crippen molar-refractivity contribution in [2.24, 2.45) is 5.41 Å². The number of aromatic nitrogens is 4. The van der Waals surface area contributed by atoms with Gasteiger partial charge in [-0.1, -0.05) is 0 Å². The van der Waals surface area contributed by atoms with Crippen molar-refractivity contribution in [3.8, 4) is 10.3 Å². The van der Waals surface area contributed by atoms with Crippen LogP contribution in [0.4, 0.5) is 18.9 Å². The van der Waals surface area contributed by atoms with Crippen LogP contribution in [0, 0.1) is 5.41 Å². The van der Waals surface area contributed by atoms with E-state index in [0.717, 1.165) is 62.2 Å². The van der Waals surface area contributed by atoms with Crippen LogP contribution in [0.3, 0.4) is 0 Å². The molecule has 2 saturated carbocycles. The molecule has 2 saturated heterocycles. The van der Waals surface area contributed by atoms with Crippen LogP contribution in [0.2, 0.25) is 0 Å². The predicted octanol–water partition coefficient (Wildman–Crippen LogP) is 4.67. The summed E-state index contributed by atoms with van der Waals surface area (Å²) >= 11 is 0.465. The zero-order valence-electron chi connectivity index (χ0n) is 24.1. The number of fused-ring (bicyclic) bond motifs is 1. The van der Waals surface area contributed by atoms with Crippen LogP contribution in [0.25, 0.3) is 15.9 Å². The van der Waals surface area contributed by atoms with Crippen LogP contribution in [0.1, 0.15) is 62.6 Å². The molecule has 1 N–H and O–H groups in total. The van der Waals surface area contributed by atoms with Crippen molar-refractivity contribution in [2.75, 3.05) is 38.8 Å². The van der Waals surface area contributed by atoms with Gasteiger partial charge in [-0.25, -0.2) is 0 Å². The molecule has 4 aliphatic rings. The summed E-state index contributed by atoms with van der Waals surface area (Å²) in [5, 5.41) is 7.65. The van der Waals surface area contributed by atoms with Gasteiger partial charge < -0.3 is 0 Å². The van der Waals surface area contributed by atoms with Crippen LogP contribution in [-0.2, 0) is 26.0 Å². The van der Waals surface area contributed by atoms with E-state index in [4.69, 9.17) is 19.2 Å². The number of methoxy groups -OCH3 is 2. The summed E-state index contributed by atoms with van der Waals surface area (Å²) in [7, 11) is 3.41. The number of rotatable bonds is 8. The molecule has 7 rings (SSSR count). The van der Waals surface area contributed by atoms with E-state index in [2.05, 4.69) is 39.7 Å². The number of nitrogens with one attached hydrogen (secondary N) is 1. The van der Waals surface area contributed by atoms with Gasteiger partial charge in [-0.05, 0) is 0 Å². The number of hydrogen-bond donors (Lipinski definition) is 1. The fourth-order valence-electron chi connectivity index (χ4n) is 6.50. The Labute approximate surface area is 252 Å². The molecule has 1 unspecified atom stereocenters. The summed E-state index contributed by atoms with van der Waals surface area (Å²) in [6.45, 7) is 6.55. The summed E-state index contributed by atoms with van der Waals surface area (Å²) in [5.41, 5.74) is 2.35. The Morgan fingerprint density at radius 2 is 1.86 bits per heavy atom. The number of alkyl halides is 3. The van der Waals surface area contributed by atoms with Gasteiger partial charge in [-0.2, -0.15) is 0 Å². The van der Waals surface area contributed by atoms with Gasteiger partial charge in [0.1, 0.15) is 0 Å². The van der Waals surface area contributed by atoms with Crippen molar-refractivity contribution in [1.82, 2.24) is 24.3 Å². The Kier molecular flexibility index (Phi) is 7.05. The number of anilines is 1. The Balaban J connectivity index is 1.33. The summed E-state index contributed by atoms with van der Waals surface area (Å²) in [6, 6.07) is 2.16.